The van der Waals surface area contributed by atoms with Gasteiger partial charge in [-0.3, -0.25) is 9.59 Å². The first kappa shape index (κ1) is 65.6. The number of hydrogen-bond donors (Lipinski definition) is 3. The normalized spacial score (nSPS) is 12.6. The Morgan fingerprint density at radius 3 is 1.06 bits per heavy atom. The van der Waals surface area contributed by atoms with Gasteiger partial charge in [0.1, 0.15) is 0 Å². The Labute approximate surface area is 419 Å². The zero-order valence-corrected chi connectivity index (χ0v) is 45.4. The maximum absolute atomic E-state index is 12.5. The van der Waals surface area contributed by atoms with E-state index in [1.807, 2.05) is 0 Å². The fourth-order valence-corrected chi connectivity index (χ4v) is 9.64. The van der Waals surface area contributed by atoms with Crippen LogP contribution in [0.5, 0.6) is 0 Å². The number of carbonyl (C=O) groups is 2. The second-order valence-electron chi connectivity index (χ2n) is 21.0. The third kappa shape index (κ3) is 53.8. The summed E-state index contributed by atoms with van der Waals surface area (Å²) in [5.41, 5.74) is 0. The molecule has 2 unspecified atom stereocenters. The van der Waals surface area contributed by atoms with Crippen LogP contribution in [0.3, 0.4) is 0 Å². The van der Waals surface area contributed by atoms with Crippen molar-refractivity contribution in [3.8, 4) is 0 Å². The minimum absolute atomic E-state index is 0.00894. The van der Waals surface area contributed by atoms with Gasteiger partial charge in [-0.15, -0.1) is 0 Å². The molecule has 0 aliphatic carbocycles. The SMILES string of the molecule is CCCCCCCCCCCCCCCCCCCCC(=O)OCCCCCCCCCC/C=C\CCCCCCCCCC(=O)NC(CO)C(O)CCCCCCCCCCCCCCC. The van der Waals surface area contributed by atoms with Gasteiger partial charge in [0.05, 0.1) is 25.4 Å². The minimum atomic E-state index is -0.669. The van der Waals surface area contributed by atoms with E-state index in [1.165, 1.54) is 270 Å². The summed E-state index contributed by atoms with van der Waals surface area (Å²) in [7, 11) is 0. The Hall–Kier alpha value is -1.40. The molecular formula is C61H119NO5. The van der Waals surface area contributed by atoms with E-state index in [0.29, 0.717) is 25.9 Å². The molecule has 0 radical (unpaired) electrons. The smallest absolute Gasteiger partial charge is 0.305 e. The predicted molar refractivity (Wildman–Crippen MR) is 292 cm³/mol. The molecule has 0 saturated carbocycles. The van der Waals surface area contributed by atoms with Crippen LogP contribution < -0.4 is 5.32 Å². The summed E-state index contributed by atoms with van der Waals surface area (Å²) < 4.78 is 5.49. The number of unbranched alkanes of at least 4 members (excludes halogenated alkanes) is 44. The molecule has 67 heavy (non-hydrogen) atoms. The number of allylic oxidation sites excluding steroid dienone is 2. The van der Waals surface area contributed by atoms with Gasteiger partial charge in [-0.2, -0.15) is 0 Å². The molecule has 398 valence electrons. The lowest BCUT2D eigenvalue weighted by Crippen LogP contribution is -2.45. The highest BCUT2D eigenvalue weighted by atomic mass is 16.5. The van der Waals surface area contributed by atoms with Gasteiger partial charge < -0.3 is 20.3 Å². The molecule has 6 nitrogen and oxygen atoms in total. The zero-order chi connectivity index (χ0) is 48.6. The van der Waals surface area contributed by atoms with Gasteiger partial charge in [0.15, 0.2) is 0 Å². The summed E-state index contributed by atoms with van der Waals surface area (Å²) >= 11 is 0. The number of hydrogen-bond acceptors (Lipinski definition) is 5. The largest absolute Gasteiger partial charge is 0.466 e. The fourth-order valence-electron chi connectivity index (χ4n) is 9.64. The molecule has 0 aliphatic heterocycles. The molecule has 0 spiro atoms. The van der Waals surface area contributed by atoms with E-state index in [1.54, 1.807) is 0 Å². The molecule has 0 heterocycles. The molecule has 0 aromatic heterocycles. The molecule has 0 aromatic rings. The molecule has 3 N–H and O–H groups in total. The minimum Gasteiger partial charge on any atom is -0.466 e. The molecule has 6 heteroatoms. The van der Waals surface area contributed by atoms with Gasteiger partial charge in [0.2, 0.25) is 5.91 Å². The first-order chi connectivity index (χ1) is 33.0. The highest BCUT2D eigenvalue weighted by Crippen LogP contribution is 2.18. The monoisotopic (exact) mass is 946 g/mol. The van der Waals surface area contributed by atoms with Crippen LogP contribution >= 0.6 is 0 Å². The fraction of sp³-hybridized carbons (Fsp3) is 0.934. The Balaban J connectivity index is 3.40. The van der Waals surface area contributed by atoms with Gasteiger partial charge in [0, 0.05) is 12.8 Å². The molecule has 0 rings (SSSR count). The van der Waals surface area contributed by atoms with Gasteiger partial charge in [-0.1, -0.05) is 289 Å². The first-order valence-corrected chi connectivity index (χ1v) is 30.4. The number of aliphatic hydroxyl groups excluding tert-OH is 2. The van der Waals surface area contributed by atoms with Gasteiger partial charge in [-0.25, -0.2) is 0 Å². The second-order valence-corrected chi connectivity index (χ2v) is 21.0. The van der Waals surface area contributed by atoms with E-state index in [0.717, 1.165) is 38.5 Å². The lowest BCUT2D eigenvalue weighted by atomic mass is 10.0. The standard InChI is InChI=1S/C61H119NO5/c1-3-5-7-9-11-13-15-17-18-19-24-27-31-35-39-43-47-51-55-61(66)67-56-52-48-44-40-36-32-28-25-22-20-21-23-26-30-34-38-42-46-50-54-60(65)62-58(57-63)59(64)53-49-45-41-37-33-29-16-14-12-10-8-6-4-2/h20-21,58-59,63-64H,3-19,22-57H2,1-2H3,(H,62,65)/b21-20-. The van der Waals surface area contributed by atoms with Crippen molar-refractivity contribution in [3.63, 3.8) is 0 Å². The van der Waals surface area contributed by atoms with Crippen molar-refractivity contribution in [2.75, 3.05) is 13.2 Å². The van der Waals surface area contributed by atoms with Crippen molar-refractivity contribution in [2.45, 2.75) is 353 Å². The molecule has 2 atom stereocenters. The van der Waals surface area contributed by atoms with E-state index in [4.69, 9.17) is 4.74 Å². The second kappa shape index (κ2) is 57.2. The van der Waals surface area contributed by atoms with Crippen molar-refractivity contribution in [2.24, 2.45) is 0 Å². The zero-order valence-electron chi connectivity index (χ0n) is 45.4. The van der Waals surface area contributed by atoms with Crippen molar-refractivity contribution in [1.82, 2.24) is 5.32 Å². The van der Waals surface area contributed by atoms with Gasteiger partial charge in [0.25, 0.3) is 0 Å². The summed E-state index contributed by atoms with van der Waals surface area (Å²) in [6.45, 7) is 4.96. The molecule has 1 amide bonds. The average Bonchev–Trinajstić information content (AvgIpc) is 3.33. The highest BCUT2D eigenvalue weighted by molar-refractivity contribution is 5.76. The summed E-state index contributed by atoms with van der Waals surface area (Å²) in [6.07, 6.45) is 67.9. The number of aliphatic hydroxyl groups is 2. The number of esters is 1. The van der Waals surface area contributed by atoms with Crippen LogP contribution in [0.15, 0.2) is 12.2 Å². The molecule has 0 aliphatic rings. The molecule has 0 aromatic carbocycles. The van der Waals surface area contributed by atoms with Crippen LogP contribution in [0.1, 0.15) is 341 Å². The number of amides is 1. The van der Waals surface area contributed by atoms with E-state index in [2.05, 4.69) is 31.3 Å². The van der Waals surface area contributed by atoms with Crippen LogP contribution in [0, 0.1) is 0 Å². The summed E-state index contributed by atoms with van der Waals surface area (Å²) in [4.78, 5) is 24.5. The highest BCUT2D eigenvalue weighted by Gasteiger charge is 2.20. The Kier molecular flexibility index (Phi) is 56.0. The van der Waals surface area contributed by atoms with Gasteiger partial charge in [-0.05, 0) is 51.4 Å². The molecule has 0 saturated heterocycles. The first-order valence-electron chi connectivity index (χ1n) is 30.4. The van der Waals surface area contributed by atoms with E-state index in [9.17, 15) is 19.8 Å². The number of rotatable bonds is 57. The van der Waals surface area contributed by atoms with E-state index in [-0.39, 0.29) is 18.5 Å². The summed E-state index contributed by atoms with van der Waals surface area (Å²) in [6, 6.07) is -0.547. The Morgan fingerprint density at radius 2 is 0.701 bits per heavy atom. The number of nitrogens with one attached hydrogen (secondary N) is 1. The van der Waals surface area contributed by atoms with Crippen molar-refractivity contribution in [1.29, 1.82) is 0 Å². The van der Waals surface area contributed by atoms with Crippen LogP contribution in [0.2, 0.25) is 0 Å². The van der Waals surface area contributed by atoms with Crippen LogP contribution in [-0.4, -0.2) is 47.4 Å². The maximum atomic E-state index is 12.5. The summed E-state index contributed by atoms with van der Waals surface area (Å²) in [5.74, 6) is -0.0342. The van der Waals surface area contributed by atoms with Crippen molar-refractivity contribution in [3.05, 3.63) is 12.2 Å². The molecule has 0 bridgehead atoms. The third-order valence-corrected chi connectivity index (χ3v) is 14.3. The molecular weight excluding hydrogens is 827 g/mol. The van der Waals surface area contributed by atoms with Crippen LogP contribution in [-0.2, 0) is 14.3 Å². The number of carbonyl (C=O) groups excluding carboxylic acids is 2. The Bertz CT molecular complexity index is 1000. The van der Waals surface area contributed by atoms with E-state index >= 15 is 0 Å². The van der Waals surface area contributed by atoms with Crippen molar-refractivity contribution >= 4 is 11.9 Å². The maximum Gasteiger partial charge on any atom is 0.305 e. The average molecular weight is 947 g/mol. The topological polar surface area (TPSA) is 95.9 Å². The third-order valence-electron chi connectivity index (χ3n) is 14.3. The van der Waals surface area contributed by atoms with Crippen LogP contribution in [0.4, 0.5) is 0 Å². The molecule has 0 fully saturated rings. The lowest BCUT2D eigenvalue weighted by molar-refractivity contribution is -0.143. The quantitative estimate of drug-likeness (QED) is 0.0321. The van der Waals surface area contributed by atoms with Gasteiger partial charge >= 0.3 is 5.97 Å². The Morgan fingerprint density at radius 1 is 0.403 bits per heavy atom. The number of ether oxygens (including phenoxy) is 1. The van der Waals surface area contributed by atoms with Crippen LogP contribution in [0.25, 0.3) is 0 Å². The predicted octanol–water partition coefficient (Wildman–Crippen LogP) is 18.9. The van der Waals surface area contributed by atoms with E-state index < -0.39 is 12.1 Å². The summed E-state index contributed by atoms with van der Waals surface area (Å²) in [5, 5.41) is 23.2. The lowest BCUT2D eigenvalue weighted by Gasteiger charge is -2.22. The van der Waals surface area contributed by atoms with Crippen molar-refractivity contribution < 1.29 is 24.5 Å².